The van der Waals surface area contributed by atoms with Crippen molar-refractivity contribution in [3.8, 4) is 5.75 Å². The summed E-state index contributed by atoms with van der Waals surface area (Å²) < 4.78 is 5.24. The molecule has 1 rings (SSSR count). The molecule has 2 heteroatoms. The van der Waals surface area contributed by atoms with Crippen molar-refractivity contribution in [1.29, 1.82) is 0 Å². The molecule has 0 heterocycles. The molecule has 0 fully saturated rings. The molecule has 0 aliphatic heterocycles. The van der Waals surface area contributed by atoms with Crippen LogP contribution in [0.2, 0.25) is 0 Å². The molecular weight excluding hydrogens is 200 g/mol. The van der Waals surface area contributed by atoms with Gasteiger partial charge in [0.2, 0.25) is 0 Å². The molecule has 0 atom stereocenters. The summed E-state index contributed by atoms with van der Waals surface area (Å²) in [5, 5.41) is 0. The number of carbonyl (C=O) groups excluding carboxylic acids is 1. The molecule has 88 valence electrons. The molecule has 0 N–H and O–H groups in total. The Morgan fingerprint density at radius 3 is 2.56 bits per heavy atom. The lowest BCUT2D eigenvalue weighted by Gasteiger charge is -2.09. The van der Waals surface area contributed by atoms with Crippen molar-refractivity contribution in [3.63, 3.8) is 0 Å². The zero-order valence-electron chi connectivity index (χ0n) is 10.5. The molecule has 0 aliphatic carbocycles. The zero-order chi connectivity index (χ0) is 12.1. The second-order valence-electron chi connectivity index (χ2n) is 4.40. The van der Waals surface area contributed by atoms with Crippen LogP contribution in [-0.2, 0) is 6.42 Å². The Morgan fingerprint density at radius 1 is 1.38 bits per heavy atom. The Bertz CT molecular complexity index is 367. The van der Waals surface area contributed by atoms with E-state index in [1.54, 1.807) is 7.11 Å². The molecular formula is C14H20O2. The van der Waals surface area contributed by atoms with Crippen LogP contribution in [0, 0.1) is 5.92 Å². The Labute approximate surface area is 97.6 Å². The molecule has 2 nitrogen and oxygen atoms in total. The van der Waals surface area contributed by atoms with Gasteiger partial charge in [0.15, 0.2) is 5.78 Å². The third-order valence-corrected chi connectivity index (χ3v) is 2.58. The third kappa shape index (κ3) is 3.09. The van der Waals surface area contributed by atoms with E-state index >= 15 is 0 Å². The Hall–Kier alpha value is -1.31. The van der Waals surface area contributed by atoms with Gasteiger partial charge in [0.1, 0.15) is 5.75 Å². The molecule has 0 spiro atoms. The molecule has 0 amide bonds. The quantitative estimate of drug-likeness (QED) is 0.710. The normalized spacial score (nSPS) is 10.6. The number of benzene rings is 1. The Balaban J connectivity index is 2.94. The van der Waals surface area contributed by atoms with Gasteiger partial charge in [-0.2, -0.15) is 0 Å². The van der Waals surface area contributed by atoms with E-state index < -0.39 is 0 Å². The van der Waals surface area contributed by atoms with Crippen molar-refractivity contribution in [2.45, 2.75) is 33.6 Å². The molecule has 0 radical (unpaired) electrons. The first-order chi connectivity index (χ1) is 7.58. The lowest BCUT2D eigenvalue weighted by atomic mass is 9.98. The summed E-state index contributed by atoms with van der Waals surface area (Å²) in [5.41, 5.74) is 1.89. The van der Waals surface area contributed by atoms with Crippen LogP contribution in [0.4, 0.5) is 0 Å². The van der Waals surface area contributed by atoms with E-state index in [9.17, 15) is 4.79 Å². The first-order valence-electron chi connectivity index (χ1n) is 5.78. The maximum atomic E-state index is 11.9. The largest absolute Gasteiger partial charge is 0.496 e. The average molecular weight is 220 g/mol. The van der Waals surface area contributed by atoms with Crippen LogP contribution < -0.4 is 4.74 Å². The first kappa shape index (κ1) is 12.8. The van der Waals surface area contributed by atoms with E-state index in [0.717, 1.165) is 23.3 Å². The molecule has 0 aromatic heterocycles. The summed E-state index contributed by atoms with van der Waals surface area (Å²) in [6, 6.07) is 5.68. The molecule has 0 aliphatic rings. The van der Waals surface area contributed by atoms with Crippen molar-refractivity contribution in [2.24, 2.45) is 5.92 Å². The maximum absolute atomic E-state index is 11.9. The number of rotatable bonds is 5. The lowest BCUT2D eigenvalue weighted by Crippen LogP contribution is -2.04. The Kier molecular flexibility index (Phi) is 4.53. The van der Waals surface area contributed by atoms with E-state index in [2.05, 4.69) is 20.8 Å². The van der Waals surface area contributed by atoms with Crippen molar-refractivity contribution < 1.29 is 9.53 Å². The summed E-state index contributed by atoms with van der Waals surface area (Å²) in [6.45, 7) is 6.18. The van der Waals surface area contributed by atoms with Gasteiger partial charge in [-0.1, -0.05) is 20.8 Å². The first-order valence-corrected chi connectivity index (χ1v) is 5.78. The molecule has 1 aromatic carbocycles. The molecule has 1 aromatic rings. The topological polar surface area (TPSA) is 26.3 Å². The number of aryl methyl sites for hydroxylation is 1. The predicted octanol–water partition coefficient (Wildman–Crippen LogP) is 3.49. The van der Waals surface area contributed by atoms with Crippen molar-refractivity contribution >= 4 is 5.78 Å². The highest BCUT2D eigenvalue weighted by Gasteiger charge is 2.10. The number of Topliss-reactive ketones (excluding diaryl/α,β-unsaturated/α-hetero) is 1. The van der Waals surface area contributed by atoms with Crippen molar-refractivity contribution in [2.75, 3.05) is 7.11 Å². The highest BCUT2D eigenvalue weighted by molar-refractivity contribution is 5.96. The van der Waals surface area contributed by atoms with Crippen LogP contribution in [0.15, 0.2) is 18.2 Å². The smallest absolute Gasteiger partial charge is 0.163 e. The van der Waals surface area contributed by atoms with Crippen LogP contribution in [0.25, 0.3) is 0 Å². The van der Waals surface area contributed by atoms with Crippen LogP contribution in [0.3, 0.4) is 0 Å². The van der Waals surface area contributed by atoms with Crippen molar-refractivity contribution in [3.05, 3.63) is 29.3 Å². The fourth-order valence-electron chi connectivity index (χ4n) is 1.72. The minimum atomic E-state index is 0.215. The van der Waals surface area contributed by atoms with Gasteiger partial charge in [-0.15, -0.1) is 0 Å². The van der Waals surface area contributed by atoms with E-state index in [0.29, 0.717) is 12.3 Å². The van der Waals surface area contributed by atoms with Gasteiger partial charge in [0.05, 0.1) is 7.11 Å². The number of ether oxygens (including phenoxy) is 1. The monoisotopic (exact) mass is 220 g/mol. The number of hydrogen-bond donors (Lipinski definition) is 0. The van der Waals surface area contributed by atoms with Gasteiger partial charge in [0.25, 0.3) is 0 Å². The van der Waals surface area contributed by atoms with Crippen LogP contribution in [-0.4, -0.2) is 12.9 Å². The molecule has 0 saturated heterocycles. The zero-order valence-corrected chi connectivity index (χ0v) is 10.5. The van der Waals surface area contributed by atoms with E-state index in [1.807, 2.05) is 18.2 Å². The molecule has 0 unspecified atom stereocenters. The van der Waals surface area contributed by atoms with Gasteiger partial charge in [-0.25, -0.2) is 0 Å². The van der Waals surface area contributed by atoms with E-state index in [-0.39, 0.29) is 5.78 Å². The van der Waals surface area contributed by atoms with Crippen molar-refractivity contribution in [1.82, 2.24) is 0 Å². The Morgan fingerprint density at radius 2 is 2.06 bits per heavy atom. The van der Waals surface area contributed by atoms with E-state index in [1.165, 1.54) is 0 Å². The minimum absolute atomic E-state index is 0.215. The van der Waals surface area contributed by atoms with Gasteiger partial charge in [-0.05, 0) is 36.1 Å². The molecule has 0 saturated carbocycles. The SMILES string of the molecule is CCc1cc(C(=O)CC(C)C)ccc1OC. The predicted molar refractivity (Wildman–Crippen MR) is 66.2 cm³/mol. The molecule has 16 heavy (non-hydrogen) atoms. The van der Waals surface area contributed by atoms with Gasteiger partial charge >= 0.3 is 0 Å². The summed E-state index contributed by atoms with van der Waals surface area (Å²) in [6.07, 6.45) is 1.49. The summed E-state index contributed by atoms with van der Waals surface area (Å²) in [5.74, 6) is 1.48. The number of hydrogen-bond acceptors (Lipinski definition) is 2. The highest BCUT2D eigenvalue weighted by atomic mass is 16.5. The second-order valence-corrected chi connectivity index (χ2v) is 4.40. The summed E-state index contributed by atoms with van der Waals surface area (Å²) in [7, 11) is 1.66. The minimum Gasteiger partial charge on any atom is -0.496 e. The fourth-order valence-corrected chi connectivity index (χ4v) is 1.72. The molecule has 0 bridgehead atoms. The summed E-state index contributed by atoms with van der Waals surface area (Å²) >= 11 is 0. The lowest BCUT2D eigenvalue weighted by molar-refractivity contribution is 0.0967. The maximum Gasteiger partial charge on any atom is 0.163 e. The number of methoxy groups -OCH3 is 1. The van der Waals surface area contributed by atoms with Gasteiger partial charge < -0.3 is 4.74 Å². The van der Waals surface area contributed by atoms with Crippen LogP contribution >= 0.6 is 0 Å². The summed E-state index contributed by atoms with van der Waals surface area (Å²) in [4.78, 5) is 11.9. The fraction of sp³-hybridized carbons (Fsp3) is 0.500. The van der Waals surface area contributed by atoms with Gasteiger partial charge in [0, 0.05) is 12.0 Å². The number of carbonyl (C=O) groups is 1. The van der Waals surface area contributed by atoms with Gasteiger partial charge in [-0.3, -0.25) is 4.79 Å². The number of ketones is 1. The highest BCUT2D eigenvalue weighted by Crippen LogP contribution is 2.21. The average Bonchev–Trinajstić information content (AvgIpc) is 2.27. The van der Waals surface area contributed by atoms with Crippen LogP contribution in [0.5, 0.6) is 5.75 Å². The standard InChI is InChI=1S/C14H20O2/c1-5-11-9-12(6-7-14(11)16-4)13(15)8-10(2)3/h6-7,9-10H,5,8H2,1-4H3. The third-order valence-electron chi connectivity index (χ3n) is 2.58. The van der Waals surface area contributed by atoms with Crippen LogP contribution in [0.1, 0.15) is 43.1 Å². The second kappa shape index (κ2) is 5.69. The van der Waals surface area contributed by atoms with E-state index in [4.69, 9.17) is 4.74 Å².